The molecule has 0 saturated carbocycles. The molecule has 19 heavy (non-hydrogen) atoms. The van der Waals surface area contributed by atoms with Gasteiger partial charge < -0.3 is 4.74 Å². The van der Waals surface area contributed by atoms with Crippen LogP contribution in [-0.2, 0) is 10.2 Å². The first-order valence-electron chi connectivity index (χ1n) is 5.97. The van der Waals surface area contributed by atoms with Crippen molar-refractivity contribution in [3.05, 3.63) is 35.4 Å². The molecule has 0 amide bonds. The van der Waals surface area contributed by atoms with Gasteiger partial charge in [0.25, 0.3) is 0 Å². The van der Waals surface area contributed by atoms with Crippen molar-refractivity contribution in [2.24, 2.45) is 0 Å². The zero-order chi connectivity index (χ0) is 14.3. The fraction of sp³-hybridized carbons (Fsp3) is 0.500. The van der Waals surface area contributed by atoms with Gasteiger partial charge in [0.05, 0.1) is 6.61 Å². The molecule has 1 saturated heterocycles. The number of carbonyl (C=O) groups is 1. The van der Waals surface area contributed by atoms with E-state index in [4.69, 9.17) is 0 Å². The predicted molar refractivity (Wildman–Crippen MR) is 64.2 cm³/mol. The Morgan fingerprint density at radius 3 is 2.37 bits per heavy atom. The zero-order valence-corrected chi connectivity index (χ0v) is 10.8. The minimum Gasteiger partial charge on any atom is -0.360 e. The fourth-order valence-electron chi connectivity index (χ4n) is 2.48. The highest BCUT2D eigenvalue weighted by Gasteiger charge is 2.67. The SMILES string of the molecule is CC(C)(C[C@@]1(C(F)(F)F)CO1)c1ccccc1C=O. The number of epoxide rings is 1. The summed E-state index contributed by atoms with van der Waals surface area (Å²) >= 11 is 0. The third kappa shape index (κ3) is 2.52. The van der Waals surface area contributed by atoms with E-state index in [-0.39, 0.29) is 13.0 Å². The standard InChI is InChI=1S/C14H15F3O2/c1-12(2,8-13(9-19-13)14(15,16)17)11-6-4-3-5-10(11)7-18/h3-7H,8-9H2,1-2H3/t13-/m0/s1. The van der Waals surface area contributed by atoms with Crippen molar-refractivity contribution in [2.75, 3.05) is 6.61 Å². The molecule has 0 radical (unpaired) electrons. The zero-order valence-electron chi connectivity index (χ0n) is 10.8. The maximum absolute atomic E-state index is 12.9. The summed E-state index contributed by atoms with van der Waals surface area (Å²) in [6.45, 7) is 3.10. The van der Waals surface area contributed by atoms with E-state index in [0.29, 0.717) is 17.4 Å². The average molecular weight is 272 g/mol. The molecule has 0 bridgehead atoms. The quantitative estimate of drug-likeness (QED) is 0.620. The molecule has 0 aromatic heterocycles. The predicted octanol–water partition coefficient (Wildman–Crippen LogP) is 3.50. The largest absolute Gasteiger partial charge is 0.419 e. The van der Waals surface area contributed by atoms with Gasteiger partial charge in [-0.3, -0.25) is 4.79 Å². The van der Waals surface area contributed by atoms with Crippen LogP contribution in [0.1, 0.15) is 36.2 Å². The summed E-state index contributed by atoms with van der Waals surface area (Å²) in [5.41, 5.74) is -1.80. The summed E-state index contributed by atoms with van der Waals surface area (Å²) in [6, 6.07) is 6.71. The van der Waals surface area contributed by atoms with E-state index in [0.717, 1.165) is 0 Å². The number of aldehydes is 1. The van der Waals surface area contributed by atoms with E-state index in [1.54, 1.807) is 38.1 Å². The Labute approximate surface area is 109 Å². The number of carbonyl (C=O) groups excluding carboxylic acids is 1. The van der Waals surface area contributed by atoms with E-state index in [1.807, 2.05) is 0 Å². The lowest BCUT2D eigenvalue weighted by atomic mass is 9.75. The molecule has 1 heterocycles. The lowest BCUT2D eigenvalue weighted by molar-refractivity contribution is -0.188. The molecule has 0 N–H and O–H groups in total. The summed E-state index contributed by atoms with van der Waals surface area (Å²) in [5, 5.41) is 0. The summed E-state index contributed by atoms with van der Waals surface area (Å²) < 4.78 is 43.5. The Morgan fingerprint density at radius 2 is 1.89 bits per heavy atom. The molecular weight excluding hydrogens is 257 g/mol. The van der Waals surface area contributed by atoms with Crippen molar-refractivity contribution >= 4 is 6.29 Å². The molecule has 0 unspecified atom stereocenters. The number of rotatable bonds is 4. The van der Waals surface area contributed by atoms with Crippen LogP contribution in [0.2, 0.25) is 0 Å². The lowest BCUT2D eigenvalue weighted by Gasteiger charge is -2.30. The van der Waals surface area contributed by atoms with Gasteiger partial charge in [-0.15, -0.1) is 0 Å². The fourth-order valence-corrected chi connectivity index (χ4v) is 2.48. The van der Waals surface area contributed by atoms with Crippen LogP contribution in [0.15, 0.2) is 24.3 Å². The number of halogens is 3. The van der Waals surface area contributed by atoms with Gasteiger partial charge in [0.1, 0.15) is 6.29 Å². The van der Waals surface area contributed by atoms with E-state index in [9.17, 15) is 18.0 Å². The first kappa shape index (κ1) is 14.1. The van der Waals surface area contributed by atoms with Crippen LogP contribution < -0.4 is 0 Å². The van der Waals surface area contributed by atoms with Crippen LogP contribution in [0.4, 0.5) is 13.2 Å². The highest BCUT2D eigenvalue weighted by Crippen LogP contribution is 2.51. The van der Waals surface area contributed by atoms with Gasteiger partial charge in [-0.1, -0.05) is 38.1 Å². The molecule has 0 aliphatic carbocycles. The summed E-state index contributed by atoms with van der Waals surface area (Å²) in [4.78, 5) is 11.0. The number of ether oxygens (including phenoxy) is 1. The Morgan fingerprint density at radius 1 is 1.32 bits per heavy atom. The van der Waals surface area contributed by atoms with Crippen LogP contribution in [0.5, 0.6) is 0 Å². The van der Waals surface area contributed by atoms with Crippen LogP contribution in [0.3, 0.4) is 0 Å². The Kier molecular flexibility index (Phi) is 3.21. The Balaban J connectivity index is 2.31. The second-order valence-electron chi connectivity index (χ2n) is 5.55. The van der Waals surface area contributed by atoms with Crippen molar-refractivity contribution < 1.29 is 22.7 Å². The molecule has 5 heteroatoms. The van der Waals surface area contributed by atoms with Crippen molar-refractivity contribution in [1.82, 2.24) is 0 Å². The second-order valence-corrected chi connectivity index (χ2v) is 5.55. The highest BCUT2D eigenvalue weighted by atomic mass is 19.4. The summed E-state index contributed by atoms with van der Waals surface area (Å²) in [7, 11) is 0. The molecule has 1 fully saturated rings. The first-order chi connectivity index (χ1) is 8.72. The smallest absolute Gasteiger partial charge is 0.360 e. The van der Waals surface area contributed by atoms with Gasteiger partial charge in [-0.2, -0.15) is 13.2 Å². The third-order valence-electron chi connectivity index (χ3n) is 3.55. The molecular formula is C14H15F3O2. The van der Waals surface area contributed by atoms with Crippen LogP contribution in [0.25, 0.3) is 0 Å². The molecule has 2 nitrogen and oxygen atoms in total. The molecule has 1 aliphatic rings. The van der Waals surface area contributed by atoms with E-state index < -0.39 is 17.2 Å². The first-order valence-corrected chi connectivity index (χ1v) is 5.97. The van der Waals surface area contributed by atoms with Crippen molar-refractivity contribution in [2.45, 2.75) is 37.5 Å². The topological polar surface area (TPSA) is 29.6 Å². The molecule has 1 aromatic carbocycles. The minimum atomic E-state index is -4.37. The molecule has 1 atom stereocenters. The lowest BCUT2D eigenvalue weighted by Crippen LogP contribution is -2.39. The van der Waals surface area contributed by atoms with Gasteiger partial charge in [0.15, 0.2) is 5.60 Å². The monoisotopic (exact) mass is 272 g/mol. The van der Waals surface area contributed by atoms with E-state index >= 15 is 0 Å². The number of alkyl halides is 3. The van der Waals surface area contributed by atoms with E-state index in [1.165, 1.54) is 0 Å². The number of hydrogen-bond acceptors (Lipinski definition) is 2. The summed E-state index contributed by atoms with van der Waals surface area (Å²) in [6.07, 6.45) is -3.89. The van der Waals surface area contributed by atoms with Crippen molar-refractivity contribution in [1.29, 1.82) is 0 Å². The molecule has 2 rings (SSSR count). The van der Waals surface area contributed by atoms with Gasteiger partial charge in [0.2, 0.25) is 0 Å². The number of hydrogen-bond donors (Lipinski definition) is 0. The normalized spacial score (nSPS) is 23.2. The maximum Gasteiger partial charge on any atom is 0.419 e. The Hall–Kier alpha value is -1.36. The maximum atomic E-state index is 12.9. The Bertz CT molecular complexity index is 488. The van der Waals surface area contributed by atoms with Crippen LogP contribution in [0, 0.1) is 0 Å². The third-order valence-corrected chi connectivity index (χ3v) is 3.55. The van der Waals surface area contributed by atoms with Crippen LogP contribution in [-0.4, -0.2) is 24.7 Å². The van der Waals surface area contributed by atoms with Gasteiger partial charge >= 0.3 is 6.18 Å². The van der Waals surface area contributed by atoms with Crippen LogP contribution >= 0.6 is 0 Å². The molecule has 104 valence electrons. The average Bonchev–Trinajstić information content (AvgIpc) is 3.08. The summed E-state index contributed by atoms with van der Waals surface area (Å²) in [5.74, 6) is 0. The second kappa shape index (κ2) is 4.34. The van der Waals surface area contributed by atoms with E-state index in [2.05, 4.69) is 4.74 Å². The van der Waals surface area contributed by atoms with Gasteiger partial charge in [0, 0.05) is 5.56 Å². The molecule has 0 spiro atoms. The number of benzene rings is 1. The highest BCUT2D eigenvalue weighted by molar-refractivity contribution is 5.77. The van der Waals surface area contributed by atoms with Gasteiger partial charge in [-0.05, 0) is 17.4 Å². The van der Waals surface area contributed by atoms with Crippen molar-refractivity contribution in [3.8, 4) is 0 Å². The molecule has 1 aliphatic heterocycles. The van der Waals surface area contributed by atoms with Crippen molar-refractivity contribution in [3.63, 3.8) is 0 Å². The minimum absolute atomic E-state index is 0.186. The molecule has 1 aromatic rings. The van der Waals surface area contributed by atoms with Gasteiger partial charge in [-0.25, -0.2) is 0 Å².